The van der Waals surface area contributed by atoms with E-state index in [0.29, 0.717) is 0 Å². The lowest BCUT2D eigenvalue weighted by Crippen LogP contribution is -2.16. The highest BCUT2D eigenvalue weighted by atomic mass is 16.5. The summed E-state index contributed by atoms with van der Waals surface area (Å²) in [6.45, 7) is 6.41. The lowest BCUT2D eigenvalue weighted by Gasteiger charge is -2.18. The van der Waals surface area contributed by atoms with Gasteiger partial charge in [0.05, 0.1) is 7.11 Å². The van der Waals surface area contributed by atoms with Crippen LogP contribution >= 0.6 is 0 Å². The molecule has 1 unspecified atom stereocenters. The second-order valence-electron chi connectivity index (χ2n) is 5.47. The van der Waals surface area contributed by atoms with Crippen LogP contribution in [-0.4, -0.2) is 7.11 Å². The van der Waals surface area contributed by atoms with Gasteiger partial charge in [-0.25, -0.2) is 0 Å². The molecule has 2 heteroatoms. The molecule has 0 aliphatic heterocycles. The van der Waals surface area contributed by atoms with Crippen LogP contribution in [0.25, 0.3) is 0 Å². The van der Waals surface area contributed by atoms with Crippen LogP contribution in [0, 0.1) is 20.8 Å². The lowest BCUT2D eigenvalue weighted by atomic mass is 9.91. The molecule has 2 aromatic rings. The number of nitrogens with two attached hydrogens (primary N) is 1. The Kier molecular flexibility index (Phi) is 4.46. The molecule has 0 amide bonds. The molecule has 2 nitrogen and oxygen atoms in total. The minimum absolute atomic E-state index is 0.0315. The van der Waals surface area contributed by atoms with Crippen LogP contribution in [-0.2, 0) is 6.42 Å². The van der Waals surface area contributed by atoms with Gasteiger partial charge in [-0.3, -0.25) is 0 Å². The number of ether oxygens (including phenoxy) is 1. The molecule has 2 rings (SSSR count). The van der Waals surface area contributed by atoms with Gasteiger partial charge < -0.3 is 10.5 Å². The molecule has 0 aliphatic carbocycles. The summed E-state index contributed by atoms with van der Waals surface area (Å²) in [5.74, 6) is 0.880. The first-order chi connectivity index (χ1) is 9.51. The van der Waals surface area contributed by atoms with Crippen molar-refractivity contribution in [3.63, 3.8) is 0 Å². The fourth-order valence-electron chi connectivity index (χ4n) is 2.89. The van der Waals surface area contributed by atoms with Crippen LogP contribution in [0.1, 0.15) is 33.9 Å². The van der Waals surface area contributed by atoms with Crippen molar-refractivity contribution in [3.05, 3.63) is 64.2 Å². The van der Waals surface area contributed by atoms with E-state index >= 15 is 0 Å². The largest absolute Gasteiger partial charge is 0.497 e. The van der Waals surface area contributed by atoms with Gasteiger partial charge in [0.15, 0.2) is 0 Å². The van der Waals surface area contributed by atoms with Crippen molar-refractivity contribution in [3.8, 4) is 5.75 Å². The van der Waals surface area contributed by atoms with E-state index in [2.05, 4.69) is 45.0 Å². The number of aryl methyl sites for hydroxylation is 3. The Morgan fingerprint density at radius 2 is 1.55 bits per heavy atom. The molecule has 106 valence electrons. The van der Waals surface area contributed by atoms with Crippen LogP contribution in [0.3, 0.4) is 0 Å². The Balaban J connectivity index is 2.21. The van der Waals surface area contributed by atoms with E-state index in [1.807, 2.05) is 12.1 Å². The van der Waals surface area contributed by atoms with Gasteiger partial charge in [-0.05, 0) is 61.6 Å². The van der Waals surface area contributed by atoms with Gasteiger partial charge in [0.25, 0.3) is 0 Å². The number of hydrogen-bond donors (Lipinski definition) is 1. The molecule has 0 aliphatic rings. The molecule has 0 spiro atoms. The second kappa shape index (κ2) is 6.10. The molecular weight excluding hydrogens is 246 g/mol. The number of hydrogen-bond acceptors (Lipinski definition) is 2. The minimum Gasteiger partial charge on any atom is -0.497 e. The Morgan fingerprint density at radius 1 is 1.00 bits per heavy atom. The lowest BCUT2D eigenvalue weighted by molar-refractivity contribution is 0.414. The van der Waals surface area contributed by atoms with Gasteiger partial charge in [0, 0.05) is 6.04 Å². The predicted octanol–water partition coefficient (Wildman–Crippen LogP) is 3.86. The molecule has 0 radical (unpaired) electrons. The zero-order valence-corrected chi connectivity index (χ0v) is 12.7. The zero-order valence-electron chi connectivity index (χ0n) is 12.7. The first-order valence-corrected chi connectivity index (χ1v) is 6.97. The third kappa shape index (κ3) is 3.20. The monoisotopic (exact) mass is 269 g/mol. The summed E-state index contributed by atoms with van der Waals surface area (Å²) < 4.78 is 5.18. The molecule has 0 heterocycles. The first kappa shape index (κ1) is 14.6. The Bertz CT molecular complexity index is 564. The van der Waals surface area contributed by atoms with E-state index in [1.54, 1.807) is 7.11 Å². The maximum Gasteiger partial charge on any atom is 0.118 e. The standard InChI is InChI=1S/C18H23NO/c1-12-9-13(2)18(14(3)10-12)17(19)11-15-5-7-16(20-4)8-6-15/h5-10,17H,11,19H2,1-4H3. The number of rotatable bonds is 4. The topological polar surface area (TPSA) is 35.2 Å². The third-order valence-corrected chi connectivity index (χ3v) is 3.72. The number of benzene rings is 2. The van der Waals surface area contributed by atoms with E-state index < -0.39 is 0 Å². The van der Waals surface area contributed by atoms with Crippen LogP contribution in [0.15, 0.2) is 36.4 Å². The second-order valence-corrected chi connectivity index (χ2v) is 5.47. The van der Waals surface area contributed by atoms with Crippen LogP contribution < -0.4 is 10.5 Å². The zero-order chi connectivity index (χ0) is 14.7. The summed E-state index contributed by atoms with van der Waals surface area (Å²) in [7, 11) is 1.68. The summed E-state index contributed by atoms with van der Waals surface area (Å²) in [5, 5.41) is 0. The fourth-order valence-corrected chi connectivity index (χ4v) is 2.89. The van der Waals surface area contributed by atoms with Gasteiger partial charge in [-0.2, -0.15) is 0 Å². The molecule has 1 atom stereocenters. The maximum absolute atomic E-state index is 6.42. The summed E-state index contributed by atoms with van der Waals surface area (Å²) >= 11 is 0. The fraction of sp³-hybridized carbons (Fsp3) is 0.333. The van der Waals surface area contributed by atoms with Crippen molar-refractivity contribution in [2.45, 2.75) is 33.2 Å². The van der Waals surface area contributed by atoms with Gasteiger partial charge in [0.2, 0.25) is 0 Å². The van der Waals surface area contributed by atoms with Crippen molar-refractivity contribution in [1.29, 1.82) is 0 Å². The highest BCUT2D eigenvalue weighted by molar-refractivity contribution is 5.40. The first-order valence-electron chi connectivity index (χ1n) is 6.97. The van der Waals surface area contributed by atoms with E-state index in [-0.39, 0.29) is 6.04 Å². The van der Waals surface area contributed by atoms with Gasteiger partial charge in [-0.1, -0.05) is 29.8 Å². The summed E-state index contributed by atoms with van der Waals surface area (Å²) in [4.78, 5) is 0. The summed E-state index contributed by atoms with van der Waals surface area (Å²) in [6, 6.07) is 12.6. The molecule has 2 N–H and O–H groups in total. The normalized spacial score (nSPS) is 12.2. The molecule has 0 bridgehead atoms. The molecule has 0 saturated carbocycles. The van der Waals surface area contributed by atoms with Crippen LogP contribution in [0.2, 0.25) is 0 Å². The van der Waals surface area contributed by atoms with Crippen molar-refractivity contribution in [2.75, 3.05) is 7.11 Å². The third-order valence-electron chi connectivity index (χ3n) is 3.72. The molecule has 0 saturated heterocycles. The van der Waals surface area contributed by atoms with Crippen molar-refractivity contribution in [1.82, 2.24) is 0 Å². The average molecular weight is 269 g/mol. The SMILES string of the molecule is COc1ccc(CC(N)c2c(C)cc(C)cc2C)cc1. The van der Waals surface area contributed by atoms with E-state index in [4.69, 9.17) is 10.5 Å². The van der Waals surface area contributed by atoms with Gasteiger partial charge >= 0.3 is 0 Å². The molecular formula is C18H23NO. The Labute approximate surface area is 121 Å². The van der Waals surface area contributed by atoms with E-state index in [1.165, 1.54) is 27.8 Å². The van der Waals surface area contributed by atoms with Gasteiger partial charge in [-0.15, -0.1) is 0 Å². The van der Waals surface area contributed by atoms with Crippen LogP contribution in [0.4, 0.5) is 0 Å². The summed E-state index contributed by atoms with van der Waals surface area (Å²) in [6.07, 6.45) is 0.842. The molecule has 0 fully saturated rings. The maximum atomic E-state index is 6.42. The summed E-state index contributed by atoms with van der Waals surface area (Å²) in [5.41, 5.74) is 12.8. The Morgan fingerprint density at radius 3 is 2.05 bits per heavy atom. The smallest absolute Gasteiger partial charge is 0.118 e. The quantitative estimate of drug-likeness (QED) is 0.914. The van der Waals surface area contributed by atoms with Crippen molar-refractivity contribution >= 4 is 0 Å². The molecule has 0 aromatic heterocycles. The predicted molar refractivity (Wildman–Crippen MR) is 84.3 cm³/mol. The molecule has 20 heavy (non-hydrogen) atoms. The van der Waals surface area contributed by atoms with Crippen LogP contribution in [0.5, 0.6) is 5.75 Å². The minimum atomic E-state index is 0.0315. The highest BCUT2D eigenvalue weighted by Crippen LogP contribution is 2.25. The Hall–Kier alpha value is -1.80. The van der Waals surface area contributed by atoms with Crippen molar-refractivity contribution in [2.24, 2.45) is 5.73 Å². The average Bonchev–Trinajstić information content (AvgIpc) is 2.38. The van der Waals surface area contributed by atoms with E-state index in [9.17, 15) is 0 Å². The highest BCUT2D eigenvalue weighted by Gasteiger charge is 2.13. The molecule has 2 aromatic carbocycles. The van der Waals surface area contributed by atoms with Gasteiger partial charge in [0.1, 0.15) is 5.75 Å². The number of methoxy groups -OCH3 is 1. The van der Waals surface area contributed by atoms with E-state index in [0.717, 1.165) is 12.2 Å². The van der Waals surface area contributed by atoms with Crippen molar-refractivity contribution < 1.29 is 4.74 Å².